The molecule has 9 heteroatoms. The van der Waals surface area contributed by atoms with E-state index < -0.39 is 23.1 Å². The quantitative estimate of drug-likeness (QED) is 0.470. The van der Waals surface area contributed by atoms with E-state index in [1.165, 1.54) is 6.92 Å². The summed E-state index contributed by atoms with van der Waals surface area (Å²) in [6.07, 6.45) is 0. The van der Waals surface area contributed by atoms with Crippen molar-refractivity contribution in [3.05, 3.63) is 68.6 Å². The minimum atomic E-state index is -1.33. The van der Waals surface area contributed by atoms with Gasteiger partial charge in [-0.05, 0) is 49.2 Å². The molecule has 0 bridgehead atoms. The van der Waals surface area contributed by atoms with E-state index in [4.69, 9.17) is 10.8 Å². The number of nitrogens with two attached hydrogens (primary N) is 1. The lowest BCUT2D eigenvalue weighted by Crippen LogP contribution is -2.41. The van der Waals surface area contributed by atoms with Crippen molar-refractivity contribution >= 4 is 49.8 Å². The highest BCUT2D eigenvalue weighted by Crippen LogP contribution is 2.26. The fourth-order valence-corrected chi connectivity index (χ4v) is 3.28. The molecule has 1 saturated heterocycles. The van der Waals surface area contributed by atoms with Crippen molar-refractivity contribution in [2.45, 2.75) is 24.9 Å². The molecule has 148 valence electrons. The molecule has 1 heterocycles. The number of amides is 3. The molecule has 0 aromatic heterocycles. The Morgan fingerprint density at radius 2 is 1.68 bits per heavy atom. The largest absolute Gasteiger partial charge is 0.480 e. The monoisotopic (exact) mass is 511 g/mol. The lowest BCUT2D eigenvalue weighted by Gasteiger charge is -2.21. The van der Waals surface area contributed by atoms with Crippen molar-refractivity contribution in [3.8, 4) is 0 Å². The zero-order valence-electron chi connectivity index (χ0n) is 15.1. The van der Waals surface area contributed by atoms with Gasteiger partial charge in [0.2, 0.25) is 0 Å². The maximum atomic E-state index is 11.6. The summed E-state index contributed by atoms with van der Waals surface area (Å²) in [5, 5.41) is 13.7. The topological polar surface area (TPSA) is 122 Å². The standard InChI is InChI=1S/C10H9BrN2O2.C9H10BrNO2/c1-10(8(14)12-9(15)13-10)6-3-2-4-7(11)5-6;1-9(11,8(12)13)6-3-2-4-7(10)5-6/h2-5H,1H3,(H2,12,13,14,15);2-5H,11H2,1H3,(H,12,13). The number of carbonyl (C=O) groups excluding carboxylic acids is 2. The first kappa shape index (κ1) is 22.1. The Morgan fingerprint density at radius 1 is 1.11 bits per heavy atom. The maximum Gasteiger partial charge on any atom is 0.328 e. The average Bonchev–Trinajstić information content (AvgIpc) is 2.88. The van der Waals surface area contributed by atoms with E-state index in [0.717, 1.165) is 14.5 Å². The molecule has 1 fully saturated rings. The number of nitrogens with one attached hydrogen (secondary N) is 2. The van der Waals surface area contributed by atoms with Crippen LogP contribution in [0.15, 0.2) is 57.5 Å². The number of aliphatic carboxylic acids is 1. The summed E-state index contributed by atoms with van der Waals surface area (Å²) in [5.41, 5.74) is 4.66. The molecule has 3 rings (SSSR count). The SMILES string of the molecule is CC(N)(C(=O)O)c1cccc(Br)c1.CC1(c2cccc(Br)c2)NC(=O)NC1=O. The Morgan fingerprint density at radius 3 is 2.14 bits per heavy atom. The minimum absolute atomic E-state index is 0.328. The number of rotatable bonds is 3. The van der Waals surface area contributed by atoms with Gasteiger partial charge in [0.1, 0.15) is 11.1 Å². The van der Waals surface area contributed by atoms with Crippen molar-refractivity contribution in [3.63, 3.8) is 0 Å². The van der Waals surface area contributed by atoms with E-state index in [9.17, 15) is 14.4 Å². The number of hydrogen-bond acceptors (Lipinski definition) is 4. The van der Waals surface area contributed by atoms with Crippen LogP contribution in [0.5, 0.6) is 0 Å². The van der Waals surface area contributed by atoms with Gasteiger partial charge < -0.3 is 16.2 Å². The molecule has 0 aliphatic carbocycles. The molecule has 3 amide bonds. The Kier molecular flexibility index (Phi) is 6.63. The zero-order chi connectivity index (χ0) is 21.1. The van der Waals surface area contributed by atoms with Crippen molar-refractivity contribution in [1.29, 1.82) is 0 Å². The molecule has 2 aromatic rings. The number of halogens is 2. The molecule has 2 unspecified atom stereocenters. The van der Waals surface area contributed by atoms with Crippen LogP contribution in [0.4, 0.5) is 4.79 Å². The van der Waals surface area contributed by atoms with Gasteiger partial charge in [0.15, 0.2) is 0 Å². The molecule has 7 nitrogen and oxygen atoms in total. The molecule has 28 heavy (non-hydrogen) atoms. The van der Waals surface area contributed by atoms with E-state index in [0.29, 0.717) is 5.56 Å². The van der Waals surface area contributed by atoms with Crippen molar-refractivity contribution in [2.24, 2.45) is 5.73 Å². The van der Waals surface area contributed by atoms with Gasteiger partial charge in [0.05, 0.1) is 0 Å². The molecule has 0 radical (unpaired) electrons. The van der Waals surface area contributed by atoms with Crippen LogP contribution >= 0.6 is 31.9 Å². The summed E-state index contributed by atoms with van der Waals surface area (Å²) in [7, 11) is 0. The van der Waals surface area contributed by atoms with Crippen LogP contribution in [0.3, 0.4) is 0 Å². The highest BCUT2D eigenvalue weighted by Gasteiger charge is 2.43. The van der Waals surface area contributed by atoms with Gasteiger partial charge in [-0.15, -0.1) is 0 Å². The van der Waals surface area contributed by atoms with Crippen molar-refractivity contribution < 1.29 is 19.5 Å². The van der Waals surface area contributed by atoms with Gasteiger partial charge in [-0.3, -0.25) is 10.1 Å². The fraction of sp³-hybridized carbons (Fsp3) is 0.211. The smallest absolute Gasteiger partial charge is 0.328 e. The third-order valence-corrected chi connectivity index (χ3v) is 5.30. The van der Waals surface area contributed by atoms with Gasteiger partial charge in [0, 0.05) is 8.95 Å². The normalized spacial score (nSPS) is 20.3. The molecule has 2 aromatic carbocycles. The molecule has 0 spiro atoms. The van der Waals surface area contributed by atoms with Gasteiger partial charge >= 0.3 is 12.0 Å². The number of carboxylic acids is 1. The van der Waals surface area contributed by atoms with Gasteiger partial charge in [-0.25, -0.2) is 9.59 Å². The molecule has 0 saturated carbocycles. The number of urea groups is 1. The molecule has 2 atom stereocenters. The first-order chi connectivity index (χ1) is 13.0. The van der Waals surface area contributed by atoms with Crippen LogP contribution in [-0.4, -0.2) is 23.0 Å². The molecule has 1 aliphatic heterocycles. The number of imide groups is 1. The van der Waals surface area contributed by atoms with E-state index in [1.807, 2.05) is 24.3 Å². The summed E-state index contributed by atoms with van der Waals surface area (Å²) in [6.45, 7) is 3.14. The lowest BCUT2D eigenvalue weighted by atomic mass is 9.92. The van der Waals surface area contributed by atoms with Gasteiger partial charge in [-0.1, -0.05) is 56.1 Å². The summed E-state index contributed by atoms with van der Waals surface area (Å²) in [6, 6.07) is 13.8. The summed E-state index contributed by atoms with van der Waals surface area (Å²) in [5.74, 6) is -1.36. The second-order valence-electron chi connectivity index (χ2n) is 6.56. The molecule has 5 N–H and O–H groups in total. The average molecular weight is 513 g/mol. The highest BCUT2D eigenvalue weighted by molar-refractivity contribution is 9.10. The van der Waals surface area contributed by atoms with Crippen LogP contribution in [0.2, 0.25) is 0 Å². The van der Waals surface area contributed by atoms with Gasteiger partial charge in [0.25, 0.3) is 5.91 Å². The number of hydrogen-bond donors (Lipinski definition) is 4. The summed E-state index contributed by atoms with van der Waals surface area (Å²) >= 11 is 6.58. The Balaban J connectivity index is 0.000000203. The Hall–Kier alpha value is -2.23. The van der Waals surface area contributed by atoms with Gasteiger partial charge in [-0.2, -0.15) is 0 Å². The number of carboxylic acid groups (broad SMARTS) is 1. The van der Waals surface area contributed by atoms with Crippen LogP contribution in [-0.2, 0) is 20.7 Å². The summed E-state index contributed by atoms with van der Waals surface area (Å²) in [4.78, 5) is 33.5. The van der Waals surface area contributed by atoms with Crippen LogP contribution in [0, 0.1) is 0 Å². The first-order valence-electron chi connectivity index (χ1n) is 8.15. The van der Waals surface area contributed by atoms with E-state index in [2.05, 4.69) is 42.5 Å². The molecular weight excluding hydrogens is 494 g/mol. The first-order valence-corrected chi connectivity index (χ1v) is 9.73. The second kappa shape index (κ2) is 8.42. The second-order valence-corrected chi connectivity index (χ2v) is 8.39. The number of carbonyl (C=O) groups is 3. The molecule has 1 aliphatic rings. The van der Waals surface area contributed by atoms with Crippen molar-refractivity contribution in [2.75, 3.05) is 0 Å². The third kappa shape index (κ3) is 4.78. The van der Waals surface area contributed by atoms with E-state index >= 15 is 0 Å². The molecular formula is C19H19Br2N3O4. The third-order valence-electron chi connectivity index (χ3n) is 4.32. The van der Waals surface area contributed by atoms with Crippen LogP contribution < -0.4 is 16.4 Å². The summed E-state index contributed by atoms with van der Waals surface area (Å²) < 4.78 is 1.69. The van der Waals surface area contributed by atoms with E-state index in [1.54, 1.807) is 31.2 Å². The highest BCUT2D eigenvalue weighted by atomic mass is 79.9. The lowest BCUT2D eigenvalue weighted by molar-refractivity contribution is -0.143. The Labute approximate surface area is 178 Å². The minimum Gasteiger partial charge on any atom is -0.480 e. The van der Waals surface area contributed by atoms with Crippen LogP contribution in [0.1, 0.15) is 25.0 Å². The number of benzene rings is 2. The zero-order valence-corrected chi connectivity index (χ0v) is 18.3. The van der Waals surface area contributed by atoms with Crippen molar-refractivity contribution in [1.82, 2.24) is 10.6 Å². The van der Waals surface area contributed by atoms with Crippen LogP contribution in [0.25, 0.3) is 0 Å². The predicted octanol–water partition coefficient (Wildman–Crippen LogP) is 3.21. The fourth-order valence-electron chi connectivity index (χ4n) is 2.48. The predicted molar refractivity (Wildman–Crippen MR) is 111 cm³/mol. The maximum absolute atomic E-state index is 11.6. The van der Waals surface area contributed by atoms with E-state index in [-0.39, 0.29) is 5.91 Å². The Bertz CT molecular complexity index is 933.